The minimum absolute atomic E-state index is 0.0593. The van der Waals surface area contributed by atoms with Crippen molar-refractivity contribution in [1.82, 2.24) is 14.6 Å². The molecule has 1 aliphatic rings. The van der Waals surface area contributed by atoms with Crippen LogP contribution in [0.5, 0.6) is 0 Å². The molecule has 1 saturated heterocycles. The largest absolute Gasteiger partial charge is 0.390 e. The highest BCUT2D eigenvalue weighted by molar-refractivity contribution is 7.89. The molecule has 2 rings (SSSR count). The minimum Gasteiger partial charge on any atom is -0.390 e. The minimum atomic E-state index is -3.83. The van der Waals surface area contributed by atoms with Gasteiger partial charge in [0, 0.05) is 24.7 Å². The summed E-state index contributed by atoms with van der Waals surface area (Å²) in [6, 6.07) is 4.17. The van der Waals surface area contributed by atoms with Crippen LogP contribution in [0.25, 0.3) is 0 Å². The lowest BCUT2D eigenvalue weighted by atomic mass is 10.0. The highest BCUT2D eigenvalue weighted by Crippen LogP contribution is 2.20. The van der Waals surface area contributed by atoms with Crippen molar-refractivity contribution in [2.24, 2.45) is 11.7 Å². The second kappa shape index (κ2) is 9.44. The maximum Gasteiger partial charge on any atom is 0.260 e. The zero-order chi connectivity index (χ0) is 20.9. The molecule has 2 heterocycles. The Morgan fingerprint density at radius 3 is 2.82 bits per heavy atom. The highest BCUT2D eigenvalue weighted by atomic mass is 32.2. The van der Waals surface area contributed by atoms with Crippen LogP contribution in [0.1, 0.15) is 31.9 Å². The third kappa shape index (κ3) is 5.73. The van der Waals surface area contributed by atoms with Crippen molar-refractivity contribution in [2.75, 3.05) is 13.1 Å². The lowest BCUT2D eigenvalue weighted by Crippen LogP contribution is -2.47. The van der Waals surface area contributed by atoms with Crippen molar-refractivity contribution >= 4 is 21.8 Å². The molecule has 2 amide bonds. The van der Waals surface area contributed by atoms with Crippen LogP contribution in [0, 0.1) is 19.3 Å². The topological polar surface area (TPSA) is 143 Å². The van der Waals surface area contributed by atoms with Crippen LogP contribution in [0.3, 0.4) is 0 Å². The third-order valence-electron chi connectivity index (χ3n) is 4.71. The lowest BCUT2D eigenvalue weighted by Gasteiger charge is -2.25. The number of hydrogen-bond donors (Lipinski definition) is 3. The first kappa shape index (κ1) is 22.3. The molecule has 1 aliphatic heterocycles. The van der Waals surface area contributed by atoms with Crippen LogP contribution in [-0.2, 0) is 19.6 Å². The van der Waals surface area contributed by atoms with E-state index < -0.39 is 39.9 Å². The molecule has 1 fully saturated rings. The molecule has 1 radical (unpaired) electrons. The van der Waals surface area contributed by atoms with Gasteiger partial charge in [0.05, 0.1) is 18.6 Å². The Morgan fingerprint density at radius 1 is 1.46 bits per heavy atom. The van der Waals surface area contributed by atoms with Gasteiger partial charge in [0.1, 0.15) is 0 Å². The van der Waals surface area contributed by atoms with E-state index in [0.717, 1.165) is 0 Å². The summed E-state index contributed by atoms with van der Waals surface area (Å²) in [7, 11) is -3.83. The number of aliphatic hydroxyl groups is 1. The average Bonchev–Trinajstić information content (AvgIpc) is 2.81. The second-order valence-corrected chi connectivity index (χ2v) is 8.93. The van der Waals surface area contributed by atoms with Crippen LogP contribution in [0.4, 0.5) is 0 Å². The summed E-state index contributed by atoms with van der Waals surface area (Å²) in [4.78, 5) is 27.2. The fourth-order valence-corrected chi connectivity index (χ4v) is 4.42. The standard InChI is InChI=1S/C18H27N4O5S/c1-12(18(19)25)8-9-16(24)21-14-6-4-10-22(11-15(14)23)28(26,27)17-7-3-5-13(2)20-17/h3,5,7,9,12,14-15,23H,4,6,8,10-11H2,1-2H3,(H2,19,25)(H,21,24)/t12?,14?,15-/m0/s1. The van der Waals surface area contributed by atoms with E-state index in [2.05, 4.69) is 10.3 Å². The number of carbonyl (C=O) groups is 2. The predicted molar refractivity (Wildman–Crippen MR) is 102 cm³/mol. The first-order chi connectivity index (χ1) is 13.1. The zero-order valence-corrected chi connectivity index (χ0v) is 16.9. The van der Waals surface area contributed by atoms with Gasteiger partial charge in [0.25, 0.3) is 10.0 Å². The number of aromatic nitrogens is 1. The van der Waals surface area contributed by atoms with Crippen molar-refractivity contribution in [1.29, 1.82) is 0 Å². The molecule has 28 heavy (non-hydrogen) atoms. The Kier molecular flexibility index (Phi) is 7.50. The molecule has 0 aliphatic carbocycles. The third-order valence-corrected chi connectivity index (χ3v) is 6.48. The van der Waals surface area contributed by atoms with Crippen LogP contribution < -0.4 is 11.1 Å². The quantitative estimate of drug-likeness (QED) is 0.564. The summed E-state index contributed by atoms with van der Waals surface area (Å²) in [5, 5.41) is 13.1. The zero-order valence-electron chi connectivity index (χ0n) is 16.0. The van der Waals surface area contributed by atoms with Crippen molar-refractivity contribution in [3.63, 3.8) is 0 Å². The predicted octanol–water partition coefficient (Wildman–Crippen LogP) is -0.264. The fraction of sp³-hybridized carbons (Fsp3) is 0.556. The lowest BCUT2D eigenvalue weighted by molar-refractivity contribution is -0.121. The summed E-state index contributed by atoms with van der Waals surface area (Å²) in [6.45, 7) is 3.41. The number of aryl methyl sites for hydroxylation is 1. The number of carbonyl (C=O) groups excluding carboxylic acids is 2. The number of rotatable bonds is 7. The normalized spacial score (nSPS) is 22.2. The monoisotopic (exact) mass is 411 g/mol. The van der Waals surface area contributed by atoms with E-state index in [1.165, 1.54) is 16.8 Å². The molecule has 1 aromatic rings. The van der Waals surface area contributed by atoms with Gasteiger partial charge in [-0.25, -0.2) is 13.4 Å². The van der Waals surface area contributed by atoms with Gasteiger partial charge in [0.2, 0.25) is 11.8 Å². The highest BCUT2D eigenvalue weighted by Gasteiger charge is 2.34. The van der Waals surface area contributed by atoms with Crippen LogP contribution in [-0.4, -0.2) is 59.9 Å². The Morgan fingerprint density at radius 2 is 2.18 bits per heavy atom. The molecular weight excluding hydrogens is 384 g/mol. The smallest absolute Gasteiger partial charge is 0.260 e. The number of nitrogens with zero attached hydrogens (tertiary/aromatic N) is 2. The summed E-state index contributed by atoms with van der Waals surface area (Å²) in [5.41, 5.74) is 5.75. The molecule has 2 unspecified atom stereocenters. The Bertz CT molecular complexity index is 814. The van der Waals surface area contributed by atoms with Gasteiger partial charge in [-0.15, -0.1) is 0 Å². The van der Waals surface area contributed by atoms with Crippen LogP contribution in [0.2, 0.25) is 0 Å². The molecule has 0 saturated carbocycles. The molecule has 9 nitrogen and oxygen atoms in total. The van der Waals surface area contributed by atoms with Crippen molar-refractivity contribution in [3.8, 4) is 0 Å². The van der Waals surface area contributed by atoms with Crippen molar-refractivity contribution in [3.05, 3.63) is 30.3 Å². The van der Waals surface area contributed by atoms with Gasteiger partial charge >= 0.3 is 0 Å². The SMILES string of the molecule is Cc1cccc(S(=O)(=O)N2CCCC(NC(=O)[CH]CC(C)C(N)=O)[C@@H](O)C2)n1. The Hall–Kier alpha value is -2.04. The van der Waals surface area contributed by atoms with E-state index in [0.29, 0.717) is 18.5 Å². The molecule has 1 aromatic heterocycles. The van der Waals surface area contributed by atoms with Gasteiger partial charge in [-0.2, -0.15) is 4.31 Å². The number of β-amino-alcohol motifs (C(OH)–C–C–N with tert-alkyl or cyclic N) is 1. The molecule has 0 spiro atoms. The average molecular weight is 412 g/mol. The van der Waals surface area contributed by atoms with Crippen LogP contribution >= 0.6 is 0 Å². The molecule has 4 N–H and O–H groups in total. The van der Waals surface area contributed by atoms with E-state index in [-0.39, 0.29) is 24.5 Å². The van der Waals surface area contributed by atoms with Gasteiger partial charge in [-0.3, -0.25) is 9.59 Å². The summed E-state index contributed by atoms with van der Waals surface area (Å²) in [5.74, 6) is -1.38. The maximum absolute atomic E-state index is 12.8. The van der Waals surface area contributed by atoms with Crippen molar-refractivity contribution in [2.45, 2.75) is 50.3 Å². The molecular formula is C18H27N4O5S. The first-order valence-corrected chi connectivity index (χ1v) is 10.6. The number of hydrogen-bond acceptors (Lipinski definition) is 6. The van der Waals surface area contributed by atoms with Gasteiger partial charge in [-0.05, 0) is 38.3 Å². The van der Waals surface area contributed by atoms with Crippen molar-refractivity contribution < 1.29 is 23.1 Å². The summed E-state index contributed by atoms with van der Waals surface area (Å²) in [6.07, 6.45) is 1.36. The number of pyridine rings is 1. The number of aliphatic hydroxyl groups excluding tert-OH is 1. The summed E-state index contributed by atoms with van der Waals surface area (Å²) < 4.78 is 26.8. The molecule has 155 valence electrons. The number of nitrogens with one attached hydrogen (secondary N) is 1. The number of nitrogens with two attached hydrogens (primary N) is 1. The Balaban J connectivity index is 2.00. The van der Waals surface area contributed by atoms with E-state index in [1.54, 1.807) is 26.0 Å². The van der Waals surface area contributed by atoms with Gasteiger partial charge in [-0.1, -0.05) is 13.0 Å². The molecule has 10 heteroatoms. The van der Waals surface area contributed by atoms with E-state index in [4.69, 9.17) is 5.73 Å². The van der Waals surface area contributed by atoms with Gasteiger partial charge < -0.3 is 16.2 Å². The Labute approximate surface area is 165 Å². The van der Waals surface area contributed by atoms with E-state index in [9.17, 15) is 23.1 Å². The molecule has 0 aromatic carbocycles. The maximum atomic E-state index is 12.8. The van der Waals surface area contributed by atoms with E-state index in [1.807, 2.05) is 0 Å². The molecule has 3 atom stereocenters. The van der Waals surface area contributed by atoms with Gasteiger partial charge in [0.15, 0.2) is 5.03 Å². The van der Waals surface area contributed by atoms with Crippen LogP contribution in [0.15, 0.2) is 23.2 Å². The second-order valence-electron chi connectivity index (χ2n) is 7.05. The summed E-state index contributed by atoms with van der Waals surface area (Å²) >= 11 is 0. The number of amides is 2. The van der Waals surface area contributed by atoms with E-state index >= 15 is 0 Å². The fourth-order valence-electron chi connectivity index (χ4n) is 2.93. The first-order valence-electron chi connectivity index (χ1n) is 9.16. The molecule has 0 bridgehead atoms. The number of sulfonamides is 1. The number of primary amides is 1.